The molecule has 76 valence electrons. The highest BCUT2D eigenvalue weighted by Gasteiger charge is 1.97. The van der Waals surface area contributed by atoms with Crippen molar-refractivity contribution in [2.45, 2.75) is 6.92 Å². The van der Waals surface area contributed by atoms with Gasteiger partial charge in [0.1, 0.15) is 5.69 Å². The fourth-order valence-electron chi connectivity index (χ4n) is 1.18. The lowest BCUT2D eigenvalue weighted by molar-refractivity contribution is 1.08. The number of hydrazone groups is 1. The van der Waals surface area contributed by atoms with Crippen molar-refractivity contribution >= 4 is 11.4 Å². The number of H-pyrrole nitrogens is 1. The van der Waals surface area contributed by atoms with Crippen LogP contribution >= 0.6 is 0 Å². The van der Waals surface area contributed by atoms with Crippen molar-refractivity contribution in [3.05, 3.63) is 48.3 Å². The van der Waals surface area contributed by atoms with Crippen molar-refractivity contribution in [3.8, 4) is 0 Å². The molecule has 0 saturated heterocycles. The molecule has 0 atom stereocenters. The first kappa shape index (κ1) is 9.45. The fraction of sp³-hybridized carbons (Fsp3) is 0.0909. The van der Waals surface area contributed by atoms with Crippen LogP contribution in [-0.4, -0.2) is 15.9 Å². The Labute approximate surface area is 88.0 Å². The number of hydrogen-bond acceptors (Lipinski definition) is 3. The minimum absolute atomic E-state index is 0.846. The van der Waals surface area contributed by atoms with E-state index in [1.54, 1.807) is 6.20 Å². The van der Waals surface area contributed by atoms with Crippen LogP contribution in [0.4, 0.5) is 5.69 Å². The predicted octanol–water partition coefficient (Wildman–Crippen LogP) is 2.25. The summed E-state index contributed by atoms with van der Waals surface area (Å²) in [5.41, 5.74) is 5.63. The molecule has 0 aliphatic rings. The number of rotatable bonds is 3. The van der Waals surface area contributed by atoms with E-state index >= 15 is 0 Å². The Bertz CT molecular complexity index is 431. The summed E-state index contributed by atoms with van der Waals surface area (Å²) in [6.45, 7) is 1.91. The van der Waals surface area contributed by atoms with Crippen molar-refractivity contribution in [1.29, 1.82) is 0 Å². The summed E-state index contributed by atoms with van der Waals surface area (Å²) in [5.74, 6) is 0. The molecule has 1 heterocycles. The van der Waals surface area contributed by atoms with Gasteiger partial charge in [-0.05, 0) is 25.1 Å². The Morgan fingerprint density at radius 3 is 2.73 bits per heavy atom. The van der Waals surface area contributed by atoms with Crippen LogP contribution in [0.2, 0.25) is 0 Å². The maximum Gasteiger partial charge on any atom is 0.108 e. The van der Waals surface area contributed by atoms with Crippen LogP contribution in [0, 0.1) is 0 Å². The van der Waals surface area contributed by atoms with E-state index in [0.29, 0.717) is 0 Å². The first-order chi connectivity index (χ1) is 7.36. The van der Waals surface area contributed by atoms with Gasteiger partial charge in [0.2, 0.25) is 0 Å². The van der Waals surface area contributed by atoms with Crippen LogP contribution in [0.5, 0.6) is 0 Å². The van der Waals surface area contributed by atoms with E-state index in [2.05, 4.69) is 20.7 Å². The van der Waals surface area contributed by atoms with Gasteiger partial charge in [-0.25, -0.2) is 0 Å². The number of hydrogen-bond donors (Lipinski definition) is 2. The van der Waals surface area contributed by atoms with E-state index in [9.17, 15) is 0 Å². The number of anilines is 1. The van der Waals surface area contributed by atoms with Crippen molar-refractivity contribution in [1.82, 2.24) is 10.2 Å². The molecular formula is C11H12N4. The molecule has 1 aromatic carbocycles. The zero-order valence-corrected chi connectivity index (χ0v) is 8.44. The summed E-state index contributed by atoms with van der Waals surface area (Å²) >= 11 is 0. The van der Waals surface area contributed by atoms with Gasteiger partial charge in [-0.3, -0.25) is 10.5 Å². The van der Waals surface area contributed by atoms with E-state index in [0.717, 1.165) is 17.1 Å². The summed E-state index contributed by atoms with van der Waals surface area (Å²) < 4.78 is 0. The maximum absolute atomic E-state index is 4.22. The van der Waals surface area contributed by atoms with Gasteiger partial charge in [0.25, 0.3) is 0 Å². The summed E-state index contributed by atoms with van der Waals surface area (Å²) in [5, 5.41) is 11.0. The number of para-hydroxylation sites is 1. The summed E-state index contributed by atoms with van der Waals surface area (Å²) in [4.78, 5) is 0. The highest BCUT2D eigenvalue weighted by atomic mass is 15.3. The van der Waals surface area contributed by atoms with E-state index < -0.39 is 0 Å². The Balaban J connectivity index is 2.06. The Hall–Kier alpha value is -2.10. The van der Waals surface area contributed by atoms with Crippen LogP contribution in [0.25, 0.3) is 0 Å². The molecule has 0 bridgehead atoms. The first-order valence-corrected chi connectivity index (χ1v) is 4.72. The van der Waals surface area contributed by atoms with Crippen molar-refractivity contribution in [2.24, 2.45) is 5.10 Å². The molecule has 15 heavy (non-hydrogen) atoms. The van der Waals surface area contributed by atoms with Gasteiger partial charge in [-0.2, -0.15) is 10.2 Å². The third-order valence-electron chi connectivity index (χ3n) is 2.00. The normalized spacial score (nSPS) is 11.4. The molecule has 2 N–H and O–H groups in total. The highest BCUT2D eigenvalue weighted by molar-refractivity contribution is 5.97. The number of nitrogens with zero attached hydrogens (tertiary/aromatic N) is 2. The molecule has 1 aromatic heterocycles. The molecule has 0 amide bonds. The first-order valence-electron chi connectivity index (χ1n) is 4.72. The van der Waals surface area contributed by atoms with E-state index in [1.165, 1.54) is 0 Å². The topological polar surface area (TPSA) is 53.1 Å². The molecular weight excluding hydrogens is 188 g/mol. The van der Waals surface area contributed by atoms with E-state index in [4.69, 9.17) is 0 Å². The SMILES string of the molecule is C/C(=N\Nc1ccccc1)c1cc[nH]n1. The van der Waals surface area contributed by atoms with E-state index in [1.807, 2.05) is 43.3 Å². The molecule has 0 spiro atoms. The third-order valence-corrected chi connectivity index (χ3v) is 2.00. The average molecular weight is 200 g/mol. The lowest BCUT2D eigenvalue weighted by atomic mass is 10.3. The second kappa shape index (κ2) is 4.41. The quantitative estimate of drug-likeness (QED) is 0.589. The van der Waals surface area contributed by atoms with Gasteiger partial charge in [-0.15, -0.1) is 0 Å². The summed E-state index contributed by atoms with van der Waals surface area (Å²) in [6, 6.07) is 11.7. The lowest BCUT2D eigenvalue weighted by Crippen LogP contribution is -1.99. The van der Waals surface area contributed by atoms with Crippen LogP contribution in [0.1, 0.15) is 12.6 Å². The Morgan fingerprint density at radius 2 is 2.07 bits per heavy atom. The van der Waals surface area contributed by atoms with Crippen LogP contribution in [0.15, 0.2) is 47.7 Å². The minimum Gasteiger partial charge on any atom is -0.285 e. The van der Waals surface area contributed by atoms with Crippen LogP contribution in [-0.2, 0) is 0 Å². The third kappa shape index (κ3) is 2.43. The number of aromatic amines is 1. The zero-order chi connectivity index (χ0) is 10.5. The standard InChI is InChI=1S/C11H12N4/c1-9(11-7-8-12-15-11)13-14-10-5-3-2-4-6-10/h2-8,14H,1H3,(H,12,15)/b13-9+. The molecule has 0 aliphatic carbocycles. The maximum atomic E-state index is 4.22. The second-order valence-electron chi connectivity index (χ2n) is 3.13. The summed E-state index contributed by atoms with van der Waals surface area (Å²) in [6.07, 6.45) is 1.77. The average Bonchev–Trinajstić information content (AvgIpc) is 2.81. The fourth-order valence-corrected chi connectivity index (χ4v) is 1.18. The predicted molar refractivity (Wildman–Crippen MR) is 60.9 cm³/mol. The van der Waals surface area contributed by atoms with Crippen molar-refractivity contribution < 1.29 is 0 Å². The molecule has 4 heteroatoms. The Morgan fingerprint density at radius 1 is 1.27 bits per heavy atom. The Kier molecular flexibility index (Phi) is 2.78. The van der Waals surface area contributed by atoms with Crippen LogP contribution in [0.3, 0.4) is 0 Å². The minimum atomic E-state index is 0.846. The van der Waals surface area contributed by atoms with Crippen LogP contribution < -0.4 is 5.43 Å². The van der Waals surface area contributed by atoms with Gasteiger partial charge in [0, 0.05) is 6.20 Å². The van der Waals surface area contributed by atoms with Crippen molar-refractivity contribution in [3.63, 3.8) is 0 Å². The van der Waals surface area contributed by atoms with Gasteiger partial charge >= 0.3 is 0 Å². The highest BCUT2D eigenvalue weighted by Crippen LogP contribution is 2.05. The van der Waals surface area contributed by atoms with Gasteiger partial charge in [-0.1, -0.05) is 18.2 Å². The smallest absolute Gasteiger partial charge is 0.108 e. The van der Waals surface area contributed by atoms with Gasteiger partial charge in [0.05, 0.1) is 11.4 Å². The molecule has 0 unspecified atom stereocenters. The molecule has 0 radical (unpaired) electrons. The summed E-state index contributed by atoms with van der Waals surface area (Å²) in [7, 11) is 0. The molecule has 2 aromatic rings. The molecule has 0 aliphatic heterocycles. The van der Waals surface area contributed by atoms with Crippen molar-refractivity contribution in [2.75, 3.05) is 5.43 Å². The van der Waals surface area contributed by atoms with E-state index in [-0.39, 0.29) is 0 Å². The van der Waals surface area contributed by atoms with Gasteiger partial charge in [0.15, 0.2) is 0 Å². The molecule has 4 nitrogen and oxygen atoms in total. The molecule has 2 rings (SSSR count). The second-order valence-corrected chi connectivity index (χ2v) is 3.13. The largest absolute Gasteiger partial charge is 0.285 e. The van der Waals surface area contributed by atoms with Gasteiger partial charge < -0.3 is 0 Å². The monoisotopic (exact) mass is 200 g/mol. The molecule has 0 fully saturated rings. The number of nitrogens with one attached hydrogen (secondary N) is 2. The molecule has 0 saturated carbocycles. The lowest BCUT2D eigenvalue weighted by Gasteiger charge is -2.00. The number of benzene rings is 1. The zero-order valence-electron chi connectivity index (χ0n) is 8.44. The number of aromatic nitrogens is 2.